The number of hydrogen-bond acceptors (Lipinski definition) is 2. The molecule has 0 amide bonds. The van der Waals surface area contributed by atoms with E-state index in [0.29, 0.717) is 0 Å². The van der Waals surface area contributed by atoms with Gasteiger partial charge in [0.05, 0.1) is 0 Å². The van der Waals surface area contributed by atoms with E-state index in [1.54, 1.807) is 0 Å². The van der Waals surface area contributed by atoms with Gasteiger partial charge in [0.1, 0.15) is 0 Å². The van der Waals surface area contributed by atoms with E-state index in [-0.39, 0.29) is 0 Å². The molecule has 0 atom stereocenters. The first-order valence-corrected chi connectivity index (χ1v) is 6.91. The first-order chi connectivity index (χ1) is 7.75. The smallest absolute Gasteiger partial charge is 0.0469 e. The Labute approximate surface area is 111 Å². The molecule has 0 saturated carbocycles. The molecule has 88 valence electrons. The summed E-state index contributed by atoms with van der Waals surface area (Å²) in [6.07, 6.45) is 2.38. The maximum Gasteiger partial charge on any atom is 0.0469 e. The largest absolute Gasteiger partial charge is 0.385 e. The molecular weight excluding hydrogens is 313 g/mol. The number of nitrogens with one attached hydrogen (secondary N) is 1. The molecule has 1 fully saturated rings. The molecule has 2 nitrogen and oxygen atoms in total. The highest BCUT2D eigenvalue weighted by molar-refractivity contribution is 14.1. The zero-order valence-electron chi connectivity index (χ0n) is 9.63. The van der Waals surface area contributed by atoms with Gasteiger partial charge in [0, 0.05) is 29.0 Å². The molecule has 0 radical (unpaired) electrons. The molecule has 1 saturated heterocycles. The van der Waals surface area contributed by atoms with Crippen LogP contribution in [0.5, 0.6) is 0 Å². The van der Waals surface area contributed by atoms with Crippen LogP contribution >= 0.6 is 22.6 Å². The van der Waals surface area contributed by atoms with Gasteiger partial charge in [0.2, 0.25) is 0 Å². The SMILES string of the molecule is Cc1cc(I)ccc1NCC1CCOCC1. The second-order valence-electron chi connectivity index (χ2n) is 4.40. The van der Waals surface area contributed by atoms with E-state index in [1.807, 2.05) is 0 Å². The standard InChI is InChI=1S/C13H18INO/c1-10-8-12(14)2-3-13(10)15-9-11-4-6-16-7-5-11/h2-3,8,11,15H,4-7,9H2,1H3. The lowest BCUT2D eigenvalue weighted by molar-refractivity contribution is 0.0699. The van der Waals surface area contributed by atoms with Gasteiger partial charge in [-0.25, -0.2) is 0 Å². The number of halogens is 1. The maximum atomic E-state index is 5.36. The van der Waals surface area contributed by atoms with Gasteiger partial charge < -0.3 is 10.1 Å². The van der Waals surface area contributed by atoms with Crippen LogP contribution in [-0.2, 0) is 4.74 Å². The Balaban J connectivity index is 1.88. The Morgan fingerprint density at radius 1 is 1.38 bits per heavy atom. The second kappa shape index (κ2) is 5.87. The molecule has 0 spiro atoms. The summed E-state index contributed by atoms with van der Waals surface area (Å²) in [5, 5.41) is 3.55. The molecule has 0 bridgehead atoms. The van der Waals surface area contributed by atoms with Crippen molar-refractivity contribution in [1.82, 2.24) is 0 Å². The molecule has 1 aliphatic rings. The van der Waals surface area contributed by atoms with Crippen LogP contribution in [0, 0.1) is 16.4 Å². The quantitative estimate of drug-likeness (QED) is 0.857. The molecule has 1 heterocycles. The van der Waals surface area contributed by atoms with Crippen LogP contribution in [0.1, 0.15) is 18.4 Å². The third kappa shape index (κ3) is 3.35. The van der Waals surface area contributed by atoms with Crippen LogP contribution < -0.4 is 5.32 Å². The molecule has 0 unspecified atom stereocenters. The molecule has 1 N–H and O–H groups in total. The summed E-state index contributed by atoms with van der Waals surface area (Å²) in [6.45, 7) is 5.09. The summed E-state index contributed by atoms with van der Waals surface area (Å²) in [6, 6.07) is 6.54. The van der Waals surface area contributed by atoms with Gasteiger partial charge in [-0.1, -0.05) is 0 Å². The normalized spacial score (nSPS) is 17.4. The lowest BCUT2D eigenvalue weighted by atomic mass is 10.0. The van der Waals surface area contributed by atoms with Crippen molar-refractivity contribution < 1.29 is 4.74 Å². The van der Waals surface area contributed by atoms with E-state index < -0.39 is 0 Å². The fraction of sp³-hybridized carbons (Fsp3) is 0.538. The molecular formula is C13H18INO. The monoisotopic (exact) mass is 331 g/mol. The lowest BCUT2D eigenvalue weighted by Crippen LogP contribution is -2.22. The second-order valence-corrected chi connectivity index (χ2v) is 5.64. The summed E-state index contributed by atoms with van der Waals surface area (Å²) >= 11 is 2.35. The van der Waals surface area contributed by atoms with Crippen LogP contribution in [-0.4, -0.2) is 19.8 Å². The van der Waals surface area contributed by atoms with Gasteiger partial charge in [-0.3, -0.25) is 0 Å². The van der Waals surface area contributed by atoms with Crippen LogP contribution in [0.2, 0.25) is 0 Å². The predicted octanol–water partition coefficient (Wildman–Crippen LogP) is 3.44. The number of anilines is 1. The highest BCUT2D eigenvalue weighted by Crippen LogP contribution is 2.20. The van der Waals surface area contributed by atoms with Crippen molar-refractivity contribution >= 4 is 28.3 Å². The van der Waals surface area contributed by atoms with Crippen molar-refractivity contribution in [3.05, 3.63) is 27.3 Å². The minimum atomic E-state index is 0.771. The lowest BCUT2D eigenvalue weighted by Gasteiger charge is -2.23. The Kier molecular flexibility index (Phi) is 4.46. The maximum absolute atomic E-state index is 5.36. The van der Waals surface area contributed by atoms with Crippen molar-refractivity contribution in [3.63, 3.8) is 0 Å². The van der Waals surface area contributed by atoms with Crippen LogP contribution in [0.15, 0.2) is 18.2 Å². The van der Waals surface area contributed by atoms with E-state index in [4.69, 9.17) is 4.74 Å². The molecule has 0 aromatic heterocycles. The first-order valence-electron chi connectivity index (χ1n) is 5.83. The van der Waals surface area contributed by atoms with Gasteiger partial charge in [-0.2, -0.15) is 0 Å². The Bertz CT molecular complexity index is 348. The van der Waals surface area contributed by atoms with Crippen molar-refractivity contribution in [2.45, 2.75) is 19.8 Å². The molecule has 1 aliphatic heterocycles. The number of rotatable bonds is 3. The van der Waals surface area contributed by atoms with Crippen molar-refractivity contribution in [2.24, 2.45) is 5.92 Å². The molecule has 0 aliphatic carbocycles. The van der Waals surface area contributed by atoms with Crippen molar-refractivity contribution in [1.29, 1.82) is 0 Å². The van der Waals surface area contributed by atoms with Gasteiger partial charge in [0.15, 0.2) is 0 Å². The summed E-state index contributed by atoms with van der Waals surface area (Å²) < 4.78 is 6.66. The average Bonchev–Trinajstić information content (AvgIpc) is 2.29. The molecule has 1 aromatic rings. The van der Waals surface area contributed by atoms with E-state index in [9.17, 15) is 0 Å². The summed E-state index contributed by atoms with van der Waals surface area (Å²) in [5.74, 6) is 0.771. The summed E-state index contributed by atoms with van der Waals surface area (Å²) in [7, 11) is 0. The molecule has 2 rings (SSSR count). The summed E-state index contributed by atoms with van der Waals surface area (Å²) in [4.78, 5) is 0. The van der Waals surface area contributed by atoms with E-state index in [0.717, 1.165) is 25.7 Å². The highest BCUT2D eigenvalue weighted by atomic mass is 127. The number of hydrogen-bond donors (Lipinski definition) is 1. The number of benzene rings is 1. The minimum absolute atomic E-state index is 0.771. The number of ether oxygens (including phenoxy) is 1. The highest BCUT2D eigenvalue weighted by Gasteiger charge is 2.13. The van der Waals surface area contributed by atoms with Gasteiger partial charge >= 0.3 is 0 Å². The van der Waals surface area contributed by atoms with E-state index in [1.165, 1.54) is 27.7 Å². The van der Waals surface area contributed by atoms with Crippen molar-refractivity contribution in [3.8, 4) is 0 Å². The molecule has 16 heavy (non-hydrogen) atoms. The van der Waals surface area contributed by atoms with Crippen LogP contribution in [0.3, 0.4) is 0 Å². The molecule has 1 aromatic carbocycles. The predicted molar refractivity (Wildman–Crippen MR) is 75.9 cm³/mol. The van der Waals surface area contributed by atoms with E-state index in [2.05, 4.69) is 53.0 Å². The Hall–Kier alpha value is -0.290. The molecule has 3 heteroatoms. The van der Waals surface area contributed by atoms with Crippen LogP contribution in [0.25, 0.3) is 0 Å². The topological polar surface area (TPSA) is 21.3 Å². The van der Waals surface area contributed by atoms with Crippen molar-refractivity contribution in [2.75, 3.05) is 25.1 Å². The third-order valence-electron chi connectivity index (χ3n) is 3.11. The zero-order chi connectivity index (χ0) is 11.4. The van der Waals surface area contributed by atoms with E-state index >= 15 is 0 Å². The third-order valence-corrected chi connectivity index (χ3v) is 3.78. The van der Waals surface area contributed by atoms with Gasteiger partial charge in [-0.15, -0.1) is 0 Å². The van der Waals surface area contributed by atoms with Gasteiger partial charge in [-0.05, 0) is 72.0 Å². The average molecular weight is 331 g/mol. The minimum Gasteiger partial charge on any atom is -0.385 e. The zero-order valence-corrected chi connectivity index (χ0v) is 11.8. The Morgan fingerprint density at radius 2 is 2.12 bits per heavy atom. The van der Waals surface area contributed by atoms with Gasteiger partial charge in [0.25, 0.3) is 0 Å². The summed E-state index contributed by atoms with van der Waals surface area (Å²) in [5.41, 5.74) is 2.60. The first kappa shape index (κ1) is 12.2. The fourth-order valence-corrected chi connectivity index (χ4v) is 2.68. The number of aryl methyl sites for hydroxylation is 1. The fourth-order valence-electron chi connectivity index (χ4n) is 2.03. The van der Waals surface area contributed by atoms with Crippen LogP contribution in [0.4, 0.5) is 5.69 Å². The Morgan fingerprint density at radius 3 is 2.81 bits per heavy atom.